The molecule has 0 saturated carbocycles. The SMILES string of the molecule is O=C(O)CC(NC(=O)C1COCC1NC(=O)OCC1c2ccccc2-c2ccccc21)C(F)F. The number of ether oxygens (including phenoxy) is 2. The zero-order chi connectivity index (χ0) is 24.2. The number of benzene rings is 2. The van der Waals surface area contributed by atoms with Crippen molar-refractivity contribution in [1.82, 2.24) is 10.6 Å². The lowest BCUT2D eigenvalue weighted by molar-refractivity contribution is -0.139. The van der Waals surface area contributed by atoms with Crippen LogP contribution in [0.4, 0.5) is 13.6 Å². The Labute approximate surface area is 194 Å². The van der Waals surface area contributed by atoms with E-state index >= 15 is 0 Å². The highest BCUT2D eigenvalue weighted by Gasteiger charge is 2.38. The Morgan fingerprint density at radius 1 is 1.03 bits per heavy atom. The number of rotatable bonds is 8. The molecule has 1 heterocycles. The van der Waals surface area contributed by atoms with Crippen molar-refractivity contribution in [3.63, 3.8) is 0 Å². The lowest BCUT2D eigenvalue weighted by atomic mass is 9.98. The Morgan fingerprint density at radius 3 is 2.24 bits per heavy atom. The predicted octanol–water partition coefficient (Wildman–Crippen LogP) is 2.76. The molecule has 1 aliphatic heterocycles. The lowest BCUT2D eigenvalue weighted by Crippen LogP contribution is -2.50. The Balaban J connectivity index is 1.36. The van der Waals surface area contributed by atoms with Crippen LogP contribution in [0.25, 0.3) is 11.1 Å². The van der Waals surface area contributed by atoms with Crippen molar-refractivity contribution in [3.05, 3.63) is 59.7 Å². The zero-order valence-corrected chi connectivity index (χ0v) is 18.1. The fraction of sp³-hybridized carbons (Fsp3) is 0.375. The van der Waals surface area contributed by atoms with Crippen LogP contribution in [0.15, 0.2) is 48.5 Å². The topological polar surface area (TPSA) is 114 Å². The molecule has 8 nitrogen and oxygen atoms in total. The third-order valence-corrected chi connectivity index (χ3v) is 6.09. The van der Waals surface area contributed by atoms with Gasteiger partial charge in [-0.05, 0) is 22.3 Å². The number of aliphatic carboxylic acids is 1. The molecule has 34 heavy (non-hydrogen) atoms. The minimum atomic E-state index is -3.05. The van der Waals surface area contributed by atoms with E-state index in [-0.39, 0.29) is 25.7 Å². The van der Waals surface area contributed by atoms with E-state index in [4.69, 9.17) is 14.6 Å². The number of carboxylic acids is 1. The maximum absolute atomic E-state index is 13.1. The molecule has 3 unspecified atom stereocenters. The van der Waals surface area contributed by atoms with Gasteiger partial charge in [0.25, 0.3) is 6.43 Å². The molecule has 2 aromatic carbocycles. The number of halogens is 2. The summed E-state index contributed by atoms with van der Waals surface area (Å²) in [7, 11) is 0. The van der Waals surface area contributed by atoms with Gasteiger partial charge in [0.15, 0.2) is 0 Å². The number of hydrogen-bond acceptors (Lipinski definition) is 5. The van der Waals surface area contributed by atoms with Gasteiger partial charge >= 0.3 is 12.1 Å². The first-order chi connectivity index (χ1) is 16.3. The first-order valence-corrected chi connectivity index (χ1v) is 10.8. The monoisotopic (exact) mass is 474 g/mol. The third kappa shape index (κ3) is 5.01. The summed E-state index contributed by atoms with van der Waals surface area (Å²) in [6, 6.07) is 13.1. The summed E-state index contributed by atoms with van der Waals surface area (Å²) in [6.45, 7) is -0.0138. The molecule has 0 bridgehead atoms. The third-order valence-electron chi connectivity index (χ3n) is 6.09. The van der Waals surface area contributed by atoms with Crippen molar-refractivity contribution in [2.45, 2.75) is 30.8 Å². The maximum Gasteiger partial charge on any atom is 0.407 e. The highest BCUT2D eigenvalue weighted by molar-refractivity contribution is 5.82. The summed E-state index contributed by atoms with van der Waals surface area (Å²) in [5, 5.41) is 13.4. The highest BCUT2D eigenvalue weighted by Crippen LogP contribution is 2.44. The highest BCUT2D eigenvalue weighted by atomic mass is 19.3. The van der Waals surface area contributed by atoms with Crippen LogP contribution in [-0.4, -0.2) is 61.4 Å². The largest absolute Gasteiger partial charge is 0.481 e. The van der Waals surface area contributed by atoms with Crippen LogP contribution in [-0.2, 0) is 19.1 Å². The van der Waals surface area contributed by atoms with Gasteiger partial charge in [0.2, 0.25) is 5.91 Å². The molecule has 2 amide bonds. The van der Waals surface area contributed by atoms with Crippen molar-refractivity contribution >= 4 is 18.0 Å². The lowest BCUT2D eigenvalue weighted by Gasteiger charge is -2.22. The van der Waals surface area contributed by atoms with E-state index in [9.17, 15) is 23.2 Å². The number of hydrogen-bond donors (Lipinski definition) is 3. The summed E-state index contributed by atoms with van der Waals surface area (Å²) < 4.78 is 36.9. The number of carbonyl (C=O) groups is 3. The van der Waals surface area contributed by atoms with Crippen LogP contribution in [0.2, 0.25) is 0 Å². The summed E-state index contributed by atoms with van der Waals surface area (Å²) in [5.41, 5.74) is 4.27. The fourth-order valence-electron chi connectivity index (χ4n) is 4.43. The Bertz CT molecular complexity index is 1030. The summed E-state index contributed by atoms with van der Waals surface area (Å²) in [6.07, 6.45) is -4.72. The smallest absolute Gasteiger partial charge is 0.407 e. The van der Waals surface area contributed by atoms with Crippen molar-refractivity contribution in [3.8, 4) is 11.1 Å². The van der Waals surface area contributed by atoms with Gasteiger partial charge in [0.1, 0.15) is 12.6 Å². The van der Waals surface area contributed by atoms with Gasteiger partial charge < -0.3 is 25.2 Å². The van der Waals surface area contributed by atoms with Crippen LogP contribution in [0.1, 0.15) is 23.5 Å². The molecule has 3 atom stereocenters. The van der Waals surface area contributed by atoms with E-state index < -0.39 is 48.8 Å². The molecule has 10 heteroatoms. The van der Waals surface area contributed by atoms with E-state index in [2.05, 4.69) is 5.32 Å². The molecule has 0 aromatic heterocycles. The minimum Gasteiger partial charge on any atom is -0.481 e. The van der Waals surface area contributed by atoms with E-state index in [1.807, 2.05) is 53.8 Å². The molecule has 2 aromatic rings. The van der Waals surface area contributed by atoms with Gasteiger partial charge in [-0.2, -0.15) is 0 Å². The normalized spacial score (nSPS) is 19.9. The molecule has 1 fully saturated rings. The number of fused-ring (bicyclic) bond motifs is 3. The Morgan fingerprint density at radius 2 is 1.65 bits per heavy atom. The van der Waals surface area contributed by atoms with Crippen LogP contribution >= 0.6 is 0 Å². The quantitative estimate of drug-likeness (QED) is 0.542. The van der Waals surface area contributed by atoms with E-state index in [1.54, 1.807) is 0 Å². The van der Waals surface area contributed by atoms with Gasteiger partial charge in [-0.25, -0.2) is 13.6 Å². The van der Waals surface area contributed by atoms with Crippen molar-refractivity contribution in [1.29, 1.82) is 0 Å². The molecule has 2 aliphatic rings. The van der Waals surface area contributed by atoms with Crippen LogP contribution in [0.3, 0.4) is 0 Å². The van der Waals surface area contributed by atoms with Gasteiger partial charge in [-0.1, -0.05) is 48.5 Å². The minimum absolute atomic E-state index is 0.000553. The number of nitrogens with one attached hydrogen (secondary N) is 2. The van der Waals surface area contributed by atoms with Gasteiger partial charge in [0, 0.05) is 5.92 Å². The summed E-state index contributed by atoms with van der Waals surface area (Å²) >= 11 is 0. The molecule has 4 rings (SSSR count). The maximum atomic E-state index is 13.1. The first kappa shape index (κ1) is 23.6. The average molecular weight is 474 g/mol. The summed E-state index contributed by atoms with van der Waals surface area (Å²) in [4.78, 5) is 35.7. The van der Waals surface area contributed by atoms with Crippen molar-refractivity contribution < 1.29 is 37.7 Å². The Hall–Kier alpha value is -3.53. The number of alkyl halides is 2. The second-order valence-corrected chi connectivity index (χ2v) is 8.27. The molecule has 180 valence electrons. The van der Waals surface area contributed by atoms with Crippen molar-refractivity contribution in [2.75, 3.05) is 19.8 Å². The number of carbonyl (C=O) groups excluding carboxylic acids is 2. The number of amides is 2. The van der Waals surface area contributed by atoms with E-state index in [0.717, 1.165) is 22.3 Å². The van der Waals surface area contributed by atoms with Gasteiger partial charge in [-0.3, -0.25) is 9.59 Å². The fourth-order valence-corrected chi connectivity index (χ4v) is 4.43. The van der Waals surface area contributed by atoms with Crippen LogP contribution in [0, 0.1) is 5.92 Å². The summed E-state index contributed by atoms with van der Waals surface area (Å²) in [5.74, 6) is -3.36. The molecule has 1 saturated heterocycles. The zero-order valence-electron chi connectivity index (χ0n) is 18.1. The van der Waals surface area contributed by atoms with E-state index in [1.165, 1.54) is 0 Å². The molecule has 0 spiro atoms. The second-order valence-electron chi connectivity index (χ2n) is 8.27. The standard InChI is InChI=1S/C24H24F2N2O6/c25-22(26)19(9-21(29)30)27-23(31)18-10-33-12-20(18)28-24(32)34-11-17-15-7-3-1-5-13(15)14-6-2-4-8-16(14)17/h1-8,17-20,22H,9-12H2,(H,27,31)(H,28,32)(H,29,30). The predicted molar refractivity (Wildman–Crippen MR) is 116 cm³/mol. The Kier molecular flexibility index (Phi) is 7.06. The van der Waals surface area contributed by atoms with Gasteiger partial charge in [0.05, 0.1) is 31.6 Å². The number of alkyl carbamates (subject to hydrolysis) is 1. The van der Waals surface area contributed by atoms with E-state index in [0.29, 0.717) is 0 Å². The second kappa shape index (κ2) is 10.2. The number of carboxylic acid groups (broad SMARTS) is 1. The van der Waals surface area contributed by atoms with Crippen LogP contribution in [0.5, 0.6) is 0 Å². The molecule has 3 N–H and O–H groups in total. The molecule has 1 aliphatic carbocycles. The first-order valence-electron chi connectivity index (χ1n) is 10.8. The molecule has 0 radical (unpaired) electrons. The van der Waals surface area contributed by atoms with Crippen LogP contribution < -0.4 is 10.6 Å². The van der Waals surface area contributed by atoms with Gasteiger partial charge in [-0.15, -0.1) is 0 Å². The average Bonchev–Trinajstić information content (AvgIpc) is 3.39. The molecular weight excluding hydrogens is 450 g/mol. The van der Waals surface area contributed by atoms with Crippen molar-refractivity contribution in [2.24, 2.45) is 5.92 Å². The molecular formula is C24H24F2N2O6.